The summed E-state index contributed by atoms with van der Waals surface area (Å²) in [6, 6.07) is 5.35. The van der Waals surface area contributed by atoms with Crippen molar-refractivity contribution in [3.63, 3.8) is 0 Å². The summed E-state index contributed by atoms with van der Waals surface area (Å²) < 4.78 is 6.04. The number of hydrogen-bond donors (Lipinski definition) is 1. The summed E-state index contributed by atoms with van der Waals surface area (Å²) in [4.78, 5) is 18.7. The van der Waals surface area contributed by atoms with Crippen molar-refractivity contribution < 1.29 is 9.21 Å². The van der Waals surface area contributed by atoms with Gasteiger partial charge >= 0.3 is 0 Å². The number of oxazole rings is 1. The van der Waals surface area contributed by atoms with Gasteiger partial charge in [-0.2, -0.15) is 0 Å². The number of amides is 1. The maximum atomic E-state index is 11.6. The molecule has 0 spiro atoms. The van der Waals surface area contributed by atoms with Gasteiger partial charge in [0.25, 0.3) is 5.91 Å². The molecule has 1 aliphatic heterocycles. The third-order valence-corrected chi connectivity index (χ3v) is 5.14. The first-order valence-electron chi connectivity index (χ1n) is 7.59. The molecule has 1 saturated carbocycles. The highest BCUT2D eigenvalue weighted by molar-refractivity contribution is 6.03. The summed E-state index contributed by atoms with van der Waals surface area (Å²) in [7, 11) is 0. The lowest BCUT2D eigenvalue weighted by molar-refractivity contribution is 0.0949. The van der Waals surface area contributed by atoms with Gasteiger partial charge in [-0.25, -0.2) is 4.98 Å². The van der Waals surface area contributed by atoms with E-state index in [0.717, 1.165) is 37.7 Å². The number of nitrogens with two attached hydrogens (primary N) is 1. The Morgan fingerprint density at radius 2 is 2.43 bits per heavy atom. The topological polar surface area (TPSA) is 72.4 Å². The van der Waals surface area contributed by atoms with Gasteiger partial charge in [-0.05, 0) is 43.9 Å². The van der Waals surface area contributed by atoms with E-state index >= 15 is 0 Å². The lowest BCUT2D eigenvalue weighted by Gasteiger charge is -2.35. The minimum Gasteiger partial charge on any atom is -0.439 e. The van der Waals surface area contributed by atoms with Crippen LogP contribution in [0.25, 0.3) is 11.1 Å². The Kier molecular flexibility index (Phi) is 2.63. The number of piperidine rings is 1. The van der Waals surface area contributed by atoms with Gasteiger partial charge in [-0.1, -0.05) is 13.0 Å². The van der Waals surface area contributed by atoms with Crippen LogP contribution in [0.3, 0.4) is 0 Å². The van der Waals surface area contributed by atoms with Crippen molar-refractivity contribution in [3.05, 3.63) is 29.7 Å². The molecule has 1 aromatic carbocycles. The van der Waals surface area contributed by atoms with E-state index in [1.165, 1.54) is 6.42 Å². The van der Waals surface area contributed by atoms with E-state index in [0.29, 0.717) is 16.7 Å². The zero-order valence-corrected chi connectivity index (χ0v) is 12.1. The van der Waals surface area contributed by atoms with Gasteiger partial charge in [-0.3, -0.25) is 9.69 Å². The molecule has 2 atom stereocenters. The molecule has 4 rings (SSSR count). The molecule has 2 N–H and O–H groups in total. The Bertz CT molecular complexity index is 723. The Hall–Kier alpha value is -1.88. The van der Waals surface area contributed by atoms with E-state index in [2.05, 4.69) is 16.8 Å². The number of aromatic nitrogens is 1. The molecule has 5 heteroatoms. The quantitative estimate of drug-likeness (QED) is 0.939. The largest absolute Gasteiger partial charge is 0.439 e. The van der Waals surface area contributed by atoms with Crippen LogP contribution >= 0.6 is 0 Å². The summed E-state index contributed by atoms with van der Waals surface area (Å²) >= 11 is 0. The molecule has 1 amide bonds. The average Bonchev–Trinajstić information content (AvgIpc) is 3.17. The highest BCUT2D eigenvalue weighted by Crippen LogP contribution is 2.52. The number of primary amides is 1. The monoisotopic (exact) mass is 285 g/mol. The molecule has 21 heavy (non-hydrogen) atoms. The van der Waals surface area contributed by atoms with Crippen molar-refractivity contribution >= 4 is 17.0 Å². The molecule has 2 aromatic rings. The van der Waals surface area contributed by atoms with E-state index in [1.807, 2.05) is 6.07 Å². The fourth-order valence-electron chi connectivity index (χ4n) is 4.16. The number of para-hydroxylation sites is 1. The predicted molar refractivity (Wildman–Crippen MR) is 78.8 cm³/mol. The molecule has 2 aliphatic rings. The molecule has 0 unspecified atom stereocenters. The number of nitrogens with zero attached hydrogens (tertiary/aromatic N) is 2. The predicted octanol–water partition coefficient (Wildman–Crippen LogP) is 2.26. The summed E-state index contributed by atoms with van der Waals surface area (Å²) in [5.41, 5.74) is 7.05. The summed E-state index contributed by atoms with van der Waals surface area (Å²) in [5, 5.41) is 0. The molecule has 110 valence electrons. The van der Waals surface area contributed by atoms with Crippen LogP contribution in [0.2, 0.25) is 0 Å². The Labute approximate surface area is 123 Å². The van der Waals surface area contributed by atoms with Crippen LogP contribution < -0.4 is 5.73 Å². The number of likely N-dealkylation sites (tertiary alicyclic amines) is 1. The van der Waals surface area contributed by atoms with Crippen molar-refractivity contribution in [1.29, 1.82) is 0 Å². The van der Waals surface area contributed by atoms with E-state index in [4.69, 9.17) is 10.2 Å². The van der Waals surface area contributed by atoms with Crippen molar-refractivity contribution in [1.82, 2.24) is 9.88 Å². The number of fused-ring (bicyclic) bond motifs is 3. The van der Waals surface area contributed by atoms with Crippen molar-refractivity contribution in [2.75, 3.05) is 13.1 Å². The first-order valence-corrected chi connectivity index (χ1v) is 7.59. The third kappa shape index (κ3) is 1.67. The van der Waals surface area contributed by atoms with Crippen LogP contribution in [0.1, 0.15) is 42.4 Å². The van der Waals surface area contributed by atoms with Gasteiger partial charge in [0.15, 0.2) is 5.58 Å². The van der Waals surface area contributed by atoms with Gasteiger partial charge in [0.2, 0.25) is 5.89 Å². The molecule has 1 aliphatic carbocycles. The van der Waals surface area contributed by atoms with E-state index < -0.39 is 5.91 Å². The second kappa shape index (κ2) is 4.31. The normalized spacial score (nSPS) is 28.5. The minimum atomic E-state index is -0.457. The zero-order chi connectivity index (χ0) is 14.6. The van der Waals surface area contributed by atoms with E-state index in [9.17, 15) is 4.79 Å². The lowest BCUT2D eigenvalue weighted by Crippen LogP contribution is -2.42. The molecule has 5 nitrogen and oxygen atoms in total. The second-order valence-corrected chi connectivity index (χ2v) is 6.21. The Morgan fingerprint density at radius 3 is 3.14 bits per heavy atom. The van der Waals surface area contributed by atoms with Gasteiger partial charge in [0.1, 0.15) is 5.52 Å². The average molecular weight is 285 g/mol. The summed E-state index contributed by atoms with van der Waals surface area (Å²) in [6.07, 6.45) is 3.43. The van der Waals surface area contributed by atoms with Crippen LogP contribution in [0.4, 0.5) is 0 Å². The molecule has 0 radical (unpaired) electrons. The van der Waals surface area contributed by atoms with Crippen molar-refractivity contribution in [2.45, 2.75) is 31.7 Å². The molecule has 2 heterocycles. The first-order chi connectivity index (χ1) is 10.1. The Balaban J connectivity index is 1.88. The van der Waals surface area contributed by atoms with Gasteiger partial charge < -0.3 is 10.2 Å². The van der Waals surface area contributed by atoms with Crippen LogP contribution in [-0.2, 0) is 5.54 Å². The maximum absolute atomic E-state index is 11.6. The van der Waals surface area contributed by atoms with E-state index in [-0.39, 0.29) is 5.54 Å². The minimum absolute atomic E-state index is 0.0760. The molecule has 1 aromatic heterocycles. The maximum Gasteiger partial charge on any atom is 0.251 e. The molecular weight excluding hydrogens is 266 g/mol. The smallest absolute Gasteiger partial charge is 0.251 e. The SMILES string of the molecule is CCN1C[C@H]2CC[C@@]1(c1nc3c(C(N)=O)cccc3o1)C2. The fourth-order valence-corrected chi connectivity index (χ4v) is 4.16. The molecule has 1 saturated heterocycles. The lowest BCUT2D eigenvalue weighted by atomic mass is 9.97. The summed E-state index contributed by atoms with van der Waals surface area (Å²) in [5.74, 6) is 1.05. The number of rotatable bonds is 3. The van der Waals surface area contributed by atoms with Gasteiger partial charge in [0, 0.05) is 6.54 Å². The van der Waals surface area contributed by atoms with E-state index in [1.54, 1.807) is 12.1 Å². The third-order valence-electron chi connectivity index (χ3n) is 5.14. The van der Waals surface area contributed by atoms with Crippen LogP contribution in [0.15, 0.2) is 22.6 Å². The number of benzene rings is 1. The van der Waals surface area contributed by atoms with Crippen LogP contribution in [-0.4, -0.2) is 28.9 Å². The standard InChI is InChI=1S/C16H19N3O2/c1-2-19-9-10-6-7-16(19,8-10)15-18-13-11(14(17)20)4-3-5-12(13)21-15/h3-5,10H,2,6-9H2,1H3,(H2,17,20)/t10-,16-/m0/s1. The van der Waals surface area contributed by atoms with Crippen molar-refractivity contribution in [2.24, 2.45) is 11.7 Å². The number of carbonyl (C=O) groups is 1. The number of hydrogen-bond acceptors (Lipinski definition) is 4. The van der Waals surface area contributed by atoms with Gasteiger partial charge in [0.05, 0.1) is 11.1 Å². The Morgan fingerprint density at radius 1 is 1.57 bits per heavy atom. The van der Waals surface area contributed by atoms with Gasteiger partial charge in [-0.15, -0.1) is 0 Å². The number of carbonyl (C=O) groups excluding carboxylic acids is 1. The van der Waals surface area contributed by atoms with Crippen molar-refractivity contribution in [3.8, 4) is 0 Å². The molecule has 2 bridgehead atoms. The fraction of sp³-hybridized carbons (Fsp3) is 0.500. The van der Waals surface area contributed by atoms with Crippen LogP contribution in [0.5, 0.6) is 0 Å². The highest BCUT2D eigenvalue weighted by atomic mass is 16.4. The first kappa shape index (κ1) is 12.8. The molecule has 2 fully saturated rings. The summed E-state index contributed by atoms with van der Waals surface area (Å²) in [6.45, 7) is 4.30. The zero-order valence-electron chi connectivity index (χ0n) is 12.1. The van der Waals surface area contributed by atoms with Crippen LogP contribution in [0, 0.1) is 5.92 Å². The molecular formula is C16H19N3O2. The second-order valence-electron chi connectivity index (χ2n) is 6.21. The highest BCUT2D eigenvalue weighted by Gasteiger charge is 2.54.